The number of halogens is 1. The van der Waals surface area contributed by atoms with Gasteiger partial charge in [0.1, 0.15) is 0 Å². The summed E-state index contributed by atoms with van der Waals surface area (Å²) in [4.78, 5) is 27.1. The minimum atomic E-state index is -0.101. The Labute approximate surface area is 184 Å². The van der Waals surface area contributed by atoms with E-state index in [1.54, 1.807) is 6.20 Å². The number of hydrogen-bond donors (Lipinski definition) is 1. The molecule has 0 spiro atoms. The van der Waals surface area contributed by atoms with Crippen LogP contribution in [0.5, 0.6) is 0 Å². The van der Waals surface area contributed by atoms with Crippen LogP contribution in [0.2, 0.25) is 0 Å². The van der Waals surface area contributed by atoms with Crippen molar-refractivity contribution in [1.29, 1.82) is 0 Å². The summed E-state index contributed by atoms with van der Waals surface area (Å²) in [6.45, 7) is 1.83. The third kappa shape index (κ3) is 4.97. The summed E-state index contributed by atoms with van der Waals surface area (Å²) in [5, 5.41) is 7.30. The summed E-state index contributed by atoms with van der Waals surface area (Å²) in [6, 6.07) is 17.4. The first-order valence-corrected chi connectivity index (χ1v) is 10.8. The molecule has 1 aliphatic rings. The molecule has 7 heteroatoms. The number of anilines is 1. The average Bonchev–Trinajstić information content (AvgIpc) is 3.21. The summed E-state index contributed by atoms with van der Waals surface area (Å²) in [5.41, 5.74) is 2.53. The van der Waals surface area contributed by atoms with Gasteiger partial charge in [0, 0.05) is 35.2 Å². The zero-order valence-electron chi connectivity index (χ0n) is 16.5. The lowest BCUT2D eigenvalue weighted by Gasteiger charge is -2.31. The maximum absolute atomic E-state index is 12.7. The Balaban J connectivity index is 1.28. The molecule has 0 unspecified atom stereocenters. The Hall–Kier alpha value is -2.93. The van der Waals surface area contributed by atoms with E-state index in [-0.39, 0.29) is 17.7 Å². The van der Waals surface area contributed by atoms with Crippen LogP contribution in [0.15, 0.2) is 71.5 Å². The van der Waals surface area contributed by atoms with Crippen molar-refractivity contribution in [3.8, 4) is 0 Å². The molecule has 1 aliphatic heterocycles. The number of likely N-dealkylation sites (tertiary alicyclic amines) is 1. The molecule has 6 nitrogen and oxygen atoms in total. The van der Waals surface area contributed by atoms with E-state index in [1.165, 1.54) is 0 Å². The molecule has 0 aliphatic carbocycles. The van der Waals surface area contributed by atoms with Gasteiger partial charge in [0.05, 0.1) is 18.4 Å². The molecule has 2 heterocycles. The van der Waals surface area contributed by atoms with Gasteiger partial charge in [0.2, 0.25) is 5.91 Å². The first kappa shape index (κ1) is 20.3. The number of hydrogen-bond acceptors (Lipinski definition) is 3. The van der Waals surface area contributed by atoms with Gasteiger partial charge in [0.15, 0.2) is 0 Å². The number of carbonyl (C=O) groups excluding carboxylic acids is 2. The molecule has 0 radical (unpaired) electrons. The Morgan fingerprint density at radius 3 is 2.43 bits per heavy atom. The number of nitrogens with zero attached hydrogens (tertiary/aromatic N) is 3. The Morgan fingerprint density at radius 2 is 1.73 bits per heavy atom. The second-order valence-corrected chi connectivity index (χ2v) is 8.39. The Morgan fingerprint density at radius 1 is 1.03 bits per heavy atom. The normalized spacial score (nSPS) is 14.5. The quantitative estimate of drug-likeness (QED) is 0.612. The van der Waals surface area contributed by atoms with E-state index in [1.807, 2.05) is 70.4 Å². The number of piperidine rings is 1. The van der Waals surface area contributed by atoms with Crippen molar-refractivity contribution < 1.29 is 9.59 Å². The van der Waals surface area contributed by atoms with E-state index in [4.69, 9.17) is 0 Å². The topological polar surface area (TPSA) is 67.2 Å². The monoisotopic (exact) mass is 466 g/mol. The molecule has 1 N–H and O–H groups in total. The number of nitrogens with one attached hydrogen (secondary N) is 1. The molecule has 2 aromatic carbocycles. The Kier molecular flexibility index (Phi) is 6.28. The lowest BCUT2D eigenvalue weighted by atomic mass is 9.95. The van der Waals surface area contributed by atoms with E-state index < -0.39 is 0 Å². The second kappa shape index (κ2) is 9.26. The number of aromatic nitrogens is 2. The lowest BCUT2D eigenvalue weighted by Crippen LogP contribution is -2.41. The van der Waals surface area contributed by atoms with E-state index in [0.717, 1.165) is 10.0 Å². The molecule has 3 aromatic rings. The zero-order valence-corrected chi connectivity index (χ0v) is 18.1. The van der Waals surface area contributed by atoms with Gasteiger partial charge in [-0.1, -0.05) is 46.3 Å². The van der Waals surface area contributed by atoms with Crippen LogP contribution in [-0.4, -0.2) is 39.6 Å². The minimum Gasteiger partial charge on any atom is -0.339 e. The van der Waals surface area contributed by atoms with E-state index in [9.17, 15) is 9.59 Å². The second-order valence-electron chi connectivity index (χ2n) is 7.47. The van der Waals surface area contributed by atoms with Crippen LogP contribution in [0.25, 0.3) is 0 Å². The first-order valence-electron chi connectivity index (χ1n) is 10.0. The van der Waals surface area contributed by atoms with Gasteiger partial charge in [-0.25, -0.2) is 0 Å². The highest BCUT2D eigenvalue weighted by molar-refractivity contribution is 9.10. The van der Waals surface area contributed by atoms with Crippen LogP contribution in [0.3, 0.4) is 0 Å². The van der Waals surface area contributed by atoms with Gasteiger partial charge in [-0.15, -0.1) is 0 Å². The van der Waals surface area contributed by atoms with Gasteiger partial charge in [-0.3, -0.25) is 14.3 Å². The third-order valence-corrected chi connectivity index (χ3v) is 5.86. The number of rotatable bonds is 5. The van der Waals surface area contributed by atoms with Crippen molar-refractivity contribution in [2.45, 2.75) is 19.4 Å². The predicted molar refractivity (Wildman–Crippen MR) is 119 cm³/mol. The molecular formula is C23H23BrN4O2. The van der Waals surface area contributed by atoms with Crippen molar-refractivity contribution in [1.82, 2.24) is 14.7 Å². The van der Waals surface area contributed by atoms with Crippen LogP contribution in [-0.2, 0) is 11.3 Å². The summed E-state index contributed by atoms with van der Waals surface area (Å²) in [6.07, 6.45) is 4.84. The largest absolute Gasteiger partial charge is 0.339 e. The van der Waals surface area contributed by atoms with Crippen LogP contribution < -0.4 is 5.32 Å². The minimum absolute atomic E-state index is 0.00926. The maximum atomic E-state index is 12.7. The molecule has 4 rings (SSSR count). The van der Waals surface area contributed by atoms with Crippen LogP contribution in [0, 0.1) is 5.92 Å². The molecule has 154 valence electrons. The fourth-order valence-corrected chi connectivity index (χ4v) is 3.91. The van der Waals surface area contributed by atoms with Gasteiger partial charge < -0.3 is 10.2 Å². The zero-order chi connectivity index (χ0) is 20.9. The molecule has 30 heavy (non-hydrogen) atoms. The number of benzene rings is 2. The molecule has 2 amide bonds. The molecule has 0 bridgehead atoms. The van der Waals surface area contributed by atoms with Crippen LogP contribution >= 0.6 is 15.9 Å². The van der Waals surface area contributed by atoms with Gasteiger partial charge >= 0.3 is 0 Å². The van der Waals surface area contributed by atoms with Gasteiger partial charge in [0.25, 0.3) is 5.91 Å². The summed E-state index contributed by atoms with van der Waals surface area (Å²) in [7, 11) is 0. The molecule has 0 saturated carbocycles. The third-order valence-electron chi connectivity index (χ3n) is 5.33. The van der Waals surface area contributed by atoms with Gasteiger partial charge in [-0.05, 0) is 42.7 Å². The Bertz CT molecular complexity index is 1010. The fraction of sp³-hybridized carbons (Fsp3) is 0.261. The van der Waals surface area contributed by atoms with Crippen molar-refractivity contribution >= 4 is 33.4 Å². The molecule has 1 fully saturated rings. The van der Waals surface area contributed by atoms with E-state index in [0.29, 0.717) is 43.7 Å². The van der Waals surface area contributed by atoms with Crippen molar-refractivity contribution in [3.05, 3.63) is 82.6 Å². The molecule has 0 atom stereocenters. The highest BCUT2D eigenvalue weighted by atomic mass is 79.9. The van der Waals surface area contributed by atoms with Crippen LogP contribution in [0.4, 0.5) is 5.69 Å². The highest BCUT2D eigenvalue weighted by Crippen LogP contribution is 2.22. The molecule has 1 aromatic heterocycles. The SMILES string of the molecule is O=C(Nc1cnn(Cc2ccccc2)c1)C1CCN(C(=O)c2ccc(Br)cc2)CC1. The van der Waals surface area contributed by atoms with E-state index in [2.05, 4.69) is 26.3 Å². The maximum Gasteiger partial charge on any atom is 0.253 e. The molecular weight excluding hydrogens is 444 g/mol. The summed E-state index contributed by atoms with van der Waals surface area (Å²) in [5.74, 6) is -0.0926. The smallest absolute Gasteiger partial charge is 0.253 e. The van der Waals surface area contributed by atoms with E-state index >= 15 is 0 Å². The molecule has 1 saturated heterocycles. The first-order chi connectivity index (χ1) is 14.6. The predicted octanol–water partition coefficient (Wildman–Crippen LogP) is 4.18. The van der Waals surface area contributed by atoms with Crippen LogP contribution in [0.1, 0.15) is 28.8 Å². The van der Waals surface area contributed by atoms with Crippen molar-refractivity contribution in [3.63, 3.8) is 0 Å². The lowest BCUT2D eigenvalue weighted by molar-refractivity contribution is -0.121. The summed E-state index contributed by atoms with van der Waals surface area (Å²) < 4.78 is 2.76. The highest BCUT2D eigenvalue weighted by Gasteiger charge is 2.28. The average molecular weight is 467 g/mol. The summed E-state index contributed by atoms with van der Waals surface area (Å²) >= 11 is 3.38. The standard InChI is InChI=1S/C23H23BrN4O2/c24-20-8-6-19(7-9-20)23(30)27-12-10-18(11-13-27)22(29)26-21-14-25-28(16-21)15-17-4-2-1-3-5-17/h1-9,14,16,18H,10-13,15H2,(H,26,29). The number of amides is 2. The van der Waals surface area contributed by atoms with Gasteiger partial charge in [-0.2, -0.15) is 5.10 Å². The number of carbonyl (C=O) groups is 2. The van der Waals surface area contributed by atoms with Crippen molar-refractivity contribution in [2.24, 2.45) is 5.92 Å². The fourth-order valence-electron chi connectivity index (χ4n) is 3.65. The van der Waals surface area contributed by atoms with Crippen molar-refractivity contribution in [2.75, 3.05) is 18.4 Å².